The highest BCUT2D eigenvalue weighted by Crippen LogP contribution is 2.26. The van der Waals surface area contributed by atoms with Gasteiger partial charge < -0.3 is 9.67 Å². The third-order valence-corrected chi connectivity index (χ3v) is 3.74. The number of rotatable bonds is 5. The molecule has 1 aromatic carbocycles. The van der Waals surface area contributed by atoms with Gasteiger partial charge in [-0.25, -0.2) is 4.39 Å². The van der Waals surface area contributed by atoms with Crippen LogP contribution in [0.2, 0.25) is 0 Å². The molecule has 0 amide bonds. The number of hydrogen-bond donors (Lipinski definition) is 1. The summed E-state index contributed by atoms with van der Waals surface area (Å²) in [5.74, 6) is -0.645. The average molecular weight is 295 g/mol. The molecular weight excluding hydrogens is 281 g/mol. The lowest BCUT2D eigenvalue weighted by Gasteiger charge is -2.08. The summed E-state index contributed by atoms with van der Waals surface area (Å²) in [5.41, 5.74) is 1.56. The van der Waals surface area contributed by atoms with Gasteiger partial charge >= 0.3 is 5.97 Å². The number of aliphatic carboxylic acids is 1. The highest BCUT2D eigenvalue weighted by Gasteiger charge is 2.15. The second-order valence-electron chi connectivity index (χ2n) is 4.19. The summed E-state index contributed by atoms with van der Waals surface area (Å²) >= 11 is 1.12. The molecule has 0 atom stereocenters. The quantitative estimate of drug-likeness (QED) is 0.859. The van der Waals surface area contributed by atoms with E-state index in [1.165, 1.54) is 12.1 Å². The molecule has 2 rings (SSSR count). The van der Waals surface area contributed by atoms with Gasteiger partial charge in [0.15, 0.2) is 11.0 Å². The summed E-state index contributed by atoms with van der Waals surface area (Å²) in [4.78, 5) is 10.6. The van der Waals surface area contributed by atoms with Gasteiger partial charge in [-0.2, -0.15) is 0 Å². The third kappa shape index (κ3) is 2.98. The molecule has 0 bridgehead atoms. The molecule has 0 aliphatic rings. The molecule has 2 aromatic rings. The van der Waals surface area contributed by atoms with Crippen molar-refractivity contribution in [3.8, 4) is 11.4 Å². The van der Waals surface area contributed by atoms with E-state index in [9.17, 15) is 9.18 Å². The monoisotopic (exact) mass is 295 g/mol. The van der Waals surface area contributed by atoms with Gasteiger partial charge in [0, 0.05) is 12.1 Å². The molecule has 0 radical (unpaired) electrons. The van der Waals surface area contributed by atoms with Crippen LogP contribution in [0.1, 0.15) is 12.5 Å². The molecule has 0 unspecified atom stereocenters. The van der Waals surface area contributed by atoms with Gasteiger partial charge in [-0.3, -0.25) is 4.79 Å². The van der Waals surface area contributed by atoms with Gasteiger partial charge in [-0.1, -0.05) is 11.8 Å². The van der Waals surface area contributed by atoms with E-state index in [0.29, 0.717) is 17.5 Å². The van der Waals surface area contributed by atoms with Crippen LogP contribution in [0, 0.1) is 12.7 Å². The van der Waals surface area contributed by atoms with Crippen LogP contribution in [0.15, 0.2) is 23.4 Å². The SMILES string of the molecule is CCn1c(SCC(=O)O)nnc1-c1ccc(F)cc1C. The topological polar surface area (TPSA) is 68.0 Å². The molecule has 0 fully saturated rings. The lowest BCUT2D eigenvalue weighted by molar-refractivity contribution is -0.133. The number of aromatic nitrogens is 3. The predicted molar refractivity (Wildman–Crippen MR) is 74.2 cm³/mol. The Morgan fingerprint density at radius 3 is 2.80 bits per heavy atom. The number of thioether (sulfide) groups is 1. The Morgan fingerprint density at radius 1 is 1.45 bits per heavy atom. The van der Waals surface area contributed by atoms with Crippen molar-refractivity contribution in [3.63, 3.8) is 0 Å². The molecule has 0 aliphatic heterocycles. The second-order valence-corrected chi connectivity index (χ2v) is 5.13. The van der Waals surface area contributed by atoms with Gasteiger partial charge in [0.2, 0.25) is 0 Å². The van der Waals surface area contributed by atoms with Gasteiger partial charge in [0.25, 0.3) is 0 Å². The Hall–Kier alpha value is -1.89. The van der Waals surface area contributed by atoms with Crippen LogP contribution in [0.4, 0.5) is 4.39 Å². The molecule has 1 N–H and O–H groups in total. The number of carboxylic acids is 1. The first kappa shape index (κ1) is 14.5. The van der Waals surface area contributed by atoms with E-state index in [-0.39, 0.29) is 11.6 Å². The molecule has 7 heteroatoms. The molecule has 20 heavy (non-hydrogen) atoms. The smallest absolute Gasteiger partial charge is 0.313 e. The number of benzene rings is 1. The van der Waals surface area contributed by atoms with Crippen LogP contribution >= 0.6 is 11.8 Å². The first-order valence-electron chi connectivity index (χ1n) is 6.07. The van der Waals surface area contributed by atoms with Crippen molar-refractivity contribution in [2.75, 3.05) is 5.75 Å². The zero-order chi connectivity index (χ0) is 14.7. The van der Waals surface area contributed by atoms with Crippen molar-refractivity contribution in [2.24, 2.45) is 0 Å². The van der Waals surface area contributed by atoms with E-state index in [1.807, 2.05) is 11.5 Å². The zero-order valence-corrected chi connectivity index (χ0v) is 11.9. The fraction of sp³-hybridized carbons (Fsp3) is 0.308. The molecule has 5 nitrogen and oxygen atoms in total. The predicted octanol–water partition coefficient (Wildman–Crippen LogP) is 2.59. The van der Waals surface area contributed by atoms with Crippen LogP contribution < -0.4 is 0 Å². The zero-order valence-electron chi connectivity index (χ0n) is 11.1. The van der Waals surface area contributed by atoms with E-state index >= 15 is 0 Å². The van der Waals surface area contributed by atoms with E-state index < -0.39 is 5.97 Å². The lowest BCUT2D eigenvalue weighted by Crippen LogP contribution is -2.03. The van der Waals surface area contributed by atoms with E-state index in [4.69, 9.17) is 5.11 Å². The molecule has 0 spiro atoms. The third-order valence-electron chi connectivity index (χ3n) is 2.79. The number of hydrogen-bond acceptors (Lipinski definition) is 4. The summed E-state index contributed by atoms with van der Waals surface area (Å²) < 4.78 is 15.0. The molecular formula is C13H14FN3O2S. The van der Waals surface area contributed by atoms with E-state index in [2.05, 4.69) is 10.2 Å². The first-order valence-corrected chi connectivity index (χ1v) is 7.05. The maximum Gasteiger partial charge on any atom is 0.313 e. The summed E-state index contributed by atoms with van der Waals surface area (Å²) in [5, 5.41) is 17.4. The van der Waals surface area contributed by atoms with E-state index in [1.54, 1.807) is 13.0 Å². The van der Waals surface area contributed by atoms with Crippen LogP contribution in [0.5, 0.6) is 0 Å². The van der Waals surface area contributed by atoms with Crippen molar-refractivity contribution in [1.29, 1.82) is 0 Å². The van der Waals surface area contributed by atoms with Gasteiger partial charge in [0.1, 0.15) is 5.82 Å². The molecule has 106 valence electrons. The van der Waals surface area contributed by atoms with Crippen LogP contribution in [-0.2, 0) is 11.3 Å². The lowest BCUT2D eigenvalue weighted by atomic mass is 10.1. The molecule has 0 saturated carbocycles. The van der Waals surface area contributed by atoms with Gasteiger partial charge in [-0.15, -0.1) is 10.2 Å². The minimum atomic E-state index is -0.903. The Kier molecular flexibility index (Phi) is 4.39. The minimum absolute atomic E-state index is 0.0689. The molecule has 0 saturated heterocycles. The van der Waals surface area contributed by atoms with E-state index in [0.717, 1.165) is 22.9 Å². The Labute approximate surface area is 119 Å². The number of carboxylic acid groups (broad SMARTS) is 1. The summed E-state index contributed by atoms with van der Waals surface area (Å²) in [6.07, 6.45) is 0. The number of nitrogens with zero attached hydrogens (tertiary/aromatic N) is 3. The van der Waals surface area contributed by atoms with Crippen molar-refractivity contribution in [3.05, 3.63) is 29.6 Å². The fourth-order valence-corrected chi connectivity index (χ4v) is 2.61. The van der Waals surface area contributed by atoms with Gasteiger partial charge in [-0.05, 0) is 37.6 Å². The maximum absolute atomic E-state index is 13.1. The Balaban J connectivity index is 2.39. The van der Waals surface area contributed by atoms with Gasteiger partial charge in [0.05, 0.1) is 5.75 Å². The minimum Gasteiger partial charge on any atom is -0.481 e. The second kappa shape index (κ2) is 6.04. The normalized spacial score (nSPS) is 10.8. The maximum atomic E-state index is 13.1. The molecule has 0 aliphatic carbocycles. The first-order chi connectivity index (χ1) is 9.52. The molecule has 1 heterocycles. The van der Waals surface area contributed by atoms with Crippen molar-refractivity contribution >= 4 is 17.7 Å². The van der Waals surface area contributed by atoms with Crippen molar-refractivity contribution in [2.45, 2.75) is 25.5 Å². The summed E-state index contributed by atoms with van der Waals surface area (Å²) in [6.45, 7) is 4.34. The number of carbonyl (C=O) groups is 1. The summed E-state index contributed by atoms with van der Waals surface area (Å²) in [6, 6.07) is 4.47. The number of aryl methyl sites for hydroxylation is 1. The van der Waals surface area contributed by atoms with Crippen LogP contribution in [0.3, 0.4) is 0 Å². The standard InChI is InChI=1S/C13H14FN3O2S/c1-3-17-12(10-5-4-9(14)6-8(10)2)15-16-13(17)20-7-11(18)19/h4-6H,3,7H2,1-2H3,(H,18,19). The summed E-state index contributed by atoms with van der Waals surface area (Å²) in [7, 11) is 0. The largest absolute Gasteiger partial charge is 0.481 e. The highest BCUT2D eigenvalue weighted by atomic mass is 32.2. The fourth-order valence-electron chi connectivity index (χ4n) is 1.88. The van der Waals surface area contributed by atoms with Crippen molar-refractivity contribution in [1.82, 2.24) is 14.8 Å². The number of halogens is 1. The Morgan fingerprint density at radius 2 is 2.20 bits per heavy atom. The van der Waals surface area contributed by atoms with Crippen LogP contribution in [-0.4, -0.2) is 31.6 Å². The van der Waals surface area contributed by atoms with Crippen molar-refractivity contribution < 1.29 is 14.3 Å². The highest BCUT2D eigenvalue weighted by molar-refractivity contribution is 7.99. The van der Waals surface area contributed by atoms with Crippen LogP contribution in [0.25, 0.3) is 11.4 Å². The average Bonchev–Trinajstić information content (AvgIpc) is 2.79. The molecule has 1 aromatic heterocycles. The Bertz CT molecular complexity index is 643.